The van der Waals surface area contributed by atoms with Crippen LogP contribution >= 0.6 is 0 Å². The molecular weight excluding hydrogens is 182 g/mol. The molecule has 0 aromatic carbocycles. The lowest BCUT2D eigenvalue weighted by Gasteiger charge is -2.26. The lowest BCUT2D eigenvalue weighted by Crippen LogP contribution is -2.39. The molecule has 0 bridgehead atoms. The minimum absolute atomic E-state index is 0.349. The molecule has 92 valence electrons. The fourth-order valence-corrected chi connectivity index (χ4v) is 1.88. The van der Waals surface area contributed by atoms with Gasteiger partial charge in [-0.25, -0.2) is 0 Å². The Hall–Kier alpha value is -0.0400. The molecule has 0 aromatic heterocycles. The van der Waals surface area contributed by atoms with Crippen LogP contribution in [-0.4, -0.2) is 12.1 Å². The molecule has 0 fully saturated rings. The van der Waals surface area contributed by atoms with Crippen molar-refractivity contribution in [2.75, 3.05) is 6.54 Å². The van der Waals surface area contributed by atoms with Crippen molar-refractivity contribution in [3.63, 3.8) is 0 Å². The van der Waals surface area contributed by atoms with Crippen molar-refractivity contribution in [3.8, 4) is 0 Å². The van der Waals surface area contributed by atoms with Crippen molar-refractivity contribution in [1.29, 1.82) is 0 Å². The minimum atomic E-state index is 0.349. The Labute approximate surface area is 97.0 Å². The summed E-state index contributed by atoms with van der Waals surface area (Å²) in [5.41, 5.74) is 0.349. The maximum atomic E-state index is 3.68. The van der Waals surface area contributed by atoms with Gasteiger partial charge in [0, 0.05) is 5.54 Å². The summed E-state index contributed by atoms with van der Waals surface area (Å²) in [6, 6.07) is 0. The van der Waals surface area contributed by atoms with Crippen LogP contribution in [0.2, 0.25) is 0 Å². The second kappa shape index (κ2) is 9.21. The average Bonchev–Trinajstić information content (AvgIpc) is 2.17. The van der Waals surface area contributed by atoms with Crippen molar-refractivity contribution in [3.05, 3.63) is 0 Å². The summed E-state index contributed by atoms with van der Waals surface area (Å²) in [5, 5.41) is 3.68. The monoisotopic (exact) mass is 213 g/mol. The van der Waals surface area contributed by atoms with Crippen LogP contribution in [0.1, 0.15) is 79.1 Å². The van der Waals surface area contributed by atoms with Crippen LogP contribution in [0.25, 0.3) is 0 Å². The van der Waals surface area contributed by atoms with E-state index >= 15 is 0 Å². The van der Waals surface area contributed by atoms with Gasteiger partial charge < -0.3 is 5.32 Å². The number of rotatable bonds is 10. The van der Waals surface area contributed by atoms with E-state index in [-0.39, 0.29) is 0 Å². The summed E-state index contributed by atoms with van der Waals surface area (Å²) in [6.45, 7) is 10.4. The van der Waals surface area contributed by atoms with Gasteiger partial charge in [0.15, 0.2) is 0 Å². The molecule has 0 aliphatic carbocycles. The molecule has 0 atom stereocenters. The van der Waals surface area contributed by atoms with Crippen LogP contribution < -0.4 is 5.32 Å². The topological polar surface area (TPSA) is 12.0 Å². The highest BCUT2D eigenvalue weighted by Gasteiger charge is 2.14. The molecule has 1 heteroatoms. The standard InChI is InChI=1S/C14H31N/c1-5-7-9-11-13-15-14(3,4)12-10-8-6-2/h15H,5-13H2,1-4H3. The van der Waals surface area contributed by atoms with Crippen molar-refractivity contribution in [2.45, 2.75) is 84.6 Å². The second-order valence-electron chi connectivity index (χ2n) is 5.33. The highest BCUT2D eigenvalue weighted by molar-refractivity contribution is 4.76. The lowest BCUT2D eigenvalue weighted by atomic mass is 9.96. The molecule has 1 nitrogen and oxygen atoms in total. The summed E-state index contributed by atoms with van der Waals surface area (Å²) in [4.78, 5) is 0. The van der Waals surface area contributed by atoms with Gasteiger partial charge in [0.25, 0.3) is 0 Å². The fourth-order valence-electron chi connectivity index (χ4n) is 1.88. The van der Waals surface area contributed by atoms with Gasteiger partial charge in [-0.05, 0) is 33.2 Å². The second-order valence-corrected chi connectivity index (χ2v) is 5.33. The fraction of sp³-hybridized carbons (Fsp3) is 1.00. The molecule has 15 heavy (non-hydrogen) atoms. The van der Waals surface area contributed by atoms with E-state index in [4.69, 9.17) is 0 Å². The Morgan fingerprint density at radius 3 is 2.00 bits per heavy atom. The lowest BCUT2D eigenvalue weighted by molar-refractivity contribution is 0.345. The summed E-state index contributed by atoms with van der Waals surface area (Å²) in [6.07, 6.45) is 10.8. The van der Waals surface area contributed by atoms with Gasteiger partial charge >= 0.3 is 0 Å². The smallest absolute Gasteiger partial charge is 0.0125 e. The van der Waals surface area contributed by atoms with Crippen LogP contribution in [0.15, 0.2) is 0 Å². The molecule has 0 radical (unpaired) electrons. The quantitative estimate of drug-likeness (QED) is 0.526. The zero-order valence-electron chi connectivity index (χ0n) is 11.4. The Morgan fingerprint density at radius 1 is 0.800 bits per heavy atom. The molecule has 1 N–H and O–H groups in total. The molecule has 0 unspecified atom stereocenters. The molecule has 0 aliphatic rings. The van der Waals surface area contributed by atoms with E-state index in [9.17, 15) is 0 Å². The maximum absolute atomic E-state index is 3.68. The molecule has 0 aliphatic heterocycles. The summed E-state index contributed by atoms with van der Waals surface area (Å²) in [7, 11) is 0. The molecule has 0 amide bonds. The van der Waals surface area contributed by atoms with Gasteiger partial charge in [0.1, 0.15) is 0 Å². The first kappa shape index (κ1) is 15.0. The van der Waals surface area contributed by atoms with Gasteiger partial charge in [-0.1, -0.05) is 52.4 Å². The van der Waals surface area contributed by atoms with Crippen LogP contribution in [0.3, 0.4) is 0 Å². The highest BCUT2D eigenvalue weighted by atomic mass is 14.9. The van der Waals surface area contributed by atoms with Crippen molar-refractivity contribution >= 4 is 0 Å². The average molecular weight is 213 g/mol. The third-order valence-corrected chi connectivity index (χ3v) is 3.04. The predicted octanol–water partition coefficient (Wildman–Crippen LogP) is 4.52. The van der Waals surface area contributed by atoms with E-state index in [0.717, 1.165) is 0 Å². The molecule has 0 saturated heterocycles. The molecule has 0 heterocycles. The molecule has 0 saturated carbocycles. The van der Waals surface area contributed by atoms with Gasteiger partial charge in [-0.15, -0.1) is 0 Å². The van der Waals surface area contributed by atoms with Crippen molar-refractivity contribution in [1.82, 2.24) is 5.32 Å². The summed E-state index contributed by atoms with van der Waals surface area (Å²) in [5.74, 6) is 0. The Morgan fingerprint density at radius 2 is 1.40 bits per heavy atom. The predicted molar refractivity (Wildman–Crippen MR) is 70.4 cm³/mol. The third-order valence-electron chi connectivity index (χ3n) is 3.04. The first-order valence-electron chi connectivity index (χ1n) is 6.87. The zero-order chi connectivity index (χ0) is 11.6. The number of nitrogens with one attached hydrogen (secondary N) is 1. The molecule has 0 aromatic rings. The molecule has 0 spiro atoms. The SMILES string of the molecule is CCCCCCNC(C)(C)CCCCC. The normalized spacial score (nSPS) is 12.0. The van der Waals surface area contributed by atoms with Gasteiger partial charge in [0.05, 0.1) is 0 Å². The maximum Gasteiger partial charge on any atom is 0.0125 e. The minimum Gasteiger partial charge on any atom is -0.312 e. The van der Waals surface area contributed by atoms with Gasteiger partial charge in [-0.2, -0.15) is 0 Å². The van der Waals surface area contributed by atoms with E-state index in [2.05, 4.69) is 33.0 Å². The Bertz CT molecular complexity index is 129. The number of hydrogen-bond acceptors (Lipinski definition) is 1. The zero-order valence-corrected chi connectivity index (χ0v) is 11.4. The van der Waals surface area contributed by atoms with E-state index < -0.39 is 0 Å². The number of unbranched alkanes of at least 4 members (excludes halogenated alkanes) is 5. The van der Waals surface area contributed by atoms with Crippen molar-refractivity contribution < 1.29 is 0 Å². The summed E-state index contributed by atoms with van der Waals surface area (Å²) < 4.78 is 0. The van der Waals surface area contributed by atoms with Gasteiger partial charge in [-0.3, -0.25) is 0 Å². The van der Waals surface area contributed by atoms with Crippen LogP contribution in [0.5, 0.6) is 0 Å². The van der Waals surface area contributed by atoms with Gasteiger partial charge in [0.2, 0.25) is 0 Å². The first-order valence-corrected chi connectivity index (χ1v) is 6.87. The van der Waals surface area contributed by atoms with Crippen LogP contribution in [0, 0.1) is 0 Å². The van der Waals surface area contributed by atoms with E-state index in [1.54, 1.807) is 0 Å². The highest BCUT2D eigenvalue weighted by Crippen LogP contribution is 2.14. The number of hydrogen-bond donors (Lipinski definition) is 1. The van der Waals surface area contributed by atoms with Crippen LogP contribution in [-0.2, 0) is 0 Å². The Balaban J connectivity index is 3.38. The van der Waals surface area contributed by atoms with E-state index in [0.29, 0.717) is 5.54 Å². The molecular formula is C14H31N. The first-order chi connectivity index (χ1) is 7.12. The Kier molecular flexibility index (Phi) is 9.18. The summed E-state index contributed by atoms with van der Waals surface area (Å²) >= 11 is 0. The van der Waals surface area contributed by atoms with E-state index in [1.807, 2.05) is 0 Å². The third kappa shape index (κ3) is 10.2. The van der Waals surface area contributed by atoms with E-state index in [1.165, 1.54) is 57.9 Å². The van der Waals surface area contributed by atoms with Crippen LogP contribution in [0.4, 0.5) is 0 Å². The largest absolute Gasteiger partial charge is 0.312 e. The molecule has 0 rings (SSSR count). The van der Waals surface area contributed by atoms with Crippen molar-refractivity contribution in [2.24, 2.45) is 0 Å².